The summed E-state index contributed by atoms with van der Waals surface area (Å²) in [4.78, 5) is 24.8. The predicted octanol–water partition coefficient (Wildman–Crippen LogP) is 3.39. The second-order valence-electron chi connectivity index (χ2n) is 8.50. The summed E-state index contributed by atoms with van der Waals surface area (Å²) in [5, 5.41) is 7.37. The summed E-state index contributed by atoms with van der Waals surface area (Å²) in [6.45, 7) is 0.743. The summed E-state index contributed by atoms with van der Waals surface area (Å²) in [6.07, 6.45) is 6.00. The van der Waals surface area contributed by atoms with Crippen molar-refractivity contribution in [2.24, 2.45) is 5.73 Å². The first-order valence-electron chi connectivity index (χ1n) is 11.3. The summed E-state index contributed by atoms with van der Waals surface area (Å²) in [6, 6.07) is 6.43. The molecule has 1 unspecified atom stereocenters. The van der Waals surface area contributed by atoms with Crippen molar-refractivity contribution in [2.75, 3.05) is 6.54 Å². The lowest BCUT2D eigenvalue weighted by atomic mass is 9.81. The molecule has 1 amide bonds. The lowest BCUT2D eigenvalue weighted by Gasteiger charge is -2.22. The van der Waals surface area contributed by atoms with Gasteiger partial charge in [-0.1, -0.05) is 5.92 Å². The summed E-state index contributed by atoms with van der Waals surface area (Å²) in [5.41, 5.74) is 9.06. The van der Waals surface area contributed by atoms with Gasteiger partial charge in [-0.2, -0.15) is 5.10 Å². The monoisotopic (exact) mass is 482 g/mol. The highest BCUT2D eigenvalue weighted by molar-refractivity contribution is 6.00. The van der Waals surface area contributed by atoms with Crippen LogP contribution in [0.2, 0.25) is 0 Å². The number of benzene rings is 1. The highest BCUT2D eigenvalue weighted by atomic mass is 19.1. The number of primary amides is 1. The molecule has 0 spiro atoms. The Labute approximate surface area is 205 Å². The van der Waals surface area contributed by atoms with E-state index in [1.807, 2.05) is 0 Å². The molecule has 0 fully saturated rings. The molecule has 5 rings (SSSR count). The number of carbonyl (C=O) groups is 2. The van der Waals surface area contributed by atoms with E-state index in [0.717, 1.165) is 42.4 Å². The third-order valence-corrected chi connectivity index (χ3v) is 6.32. The highest BCUT2D eigenvalue weighted by Gasteiger charge is 2.30. The maximum Gasteiger partial charge on any atom is 0.250 e. The molecule has 3 N–H and O–H groups in total. The van der Waals surface area contributed by atoms with E-state index in [-0.39, 0.29) is 29.8 Å². The average molecular weight is 482 g/mol. The summed E-state index contributed by atoms with van der Waals surface area (Å²) in [7, 11) is 0. The van der Waals surface area contributed by atoms with Crippen LogP contribution >= 0.6 is 0 Å². The van der Waals surface area contributed by atoms with E-state index >= 15 is 0 Å². The molecule has 1 atom stereocenters. The molecule has 178 valence electrons. The van der Waals surface area contributed by atoms with Crippen LogP contribution in [0, 0.1) is 35.3 Å². The number of amides is 1. The van der Waals surface area contributed by atoms with Gasteiger partial charge in [-0.05, 0) is 71.7 Å². The van der Waals surface area contributed by atoms with E-state index in [1.54, 1.807) is 29.1 Å². The number of nitrogens with zero attached hydrogens (tertiary/aromatic N) is 2. The SMILES string of the molecule is NC(=O)c1ccn2nccc2c1C#CC#CCC(C1=CC2=C(CCN2)CC1=O)c1cc(F)ccc1F. The molecule has 3 heterocycles. The number of nitrogens with two attached hydrogens (primary N) is 1. The number of allylic oxidation sites excluding steroid dienone is 2. The topological polar surface area (TPSA) is 89.5 Å². The number of carbonyl (C=O) groups excluding carboxylic acids is 2. The zero-order valence-electron chi connectivity index (χ0n) is 19.1. The number of ketones is 1. The minimum atomic E-state index is -0.765. The van der Waals surface area contributed by atoms with Gasteiger partial charge in [0.1, 0.15) is 11.6 Å². The standard InChI is InChI=1S/C28H20F2N4O2/c29-18-6-7-24(30)22(15-18)19(23-16-25-17(8-11-32-25)14-27(23)35)4-2-1-3-5-20-21(28(31)36)10-13-34-26(20)9-12-33-34/h6-7,9-10,12-13,15-16,19,32H,4,8,11,14H2,(H2,31,36). The van der Waals surface area contributed by atoms with Crippen molar-refractivity contribution in [1.29, 1.82) is 0 Å². The fourth-order valence-electron chi connectivity index (χ4n) is 4.57. The Kier molecular flexibility index (Phi) is 6.10. The van der Waals surface area contributed by atoms with E-state index in [4.69, 9.17) is 5.73 Å². The van der Waals surface area contributed by atoms with Crippen LogP contribution in [0.3, 0.4) is 0 Å². The number of hydrogen-bond donors (Lipinski definition) is 2. The third kappa shape index (κ3) is 4.37. The quantitative estimate of drug-likeness (QED) is 0.558. The van der Waals surface area contributed by atoms with Crippen molar-refractivity contribution < 1.29 is 18.4 Å². The van der Waals surface area contributed by atoms with Crippen molar-refractivity contribution in [2.45, 2.75) is 25.2 Å². The van der Waals surface area contributed by atoms with E-state index in [1.165, 1.54) is 6.07 Å². The number of aromatic nitrogens is 2. The van der Waals surface area contributed by atoms with Crippen LogP contribution in [-0.2, 0) is 4.79 Å². The largest absolute Gasteiger partial charge is 0.385 e. The second kappa shape index (κ2) is 9.52. The van der Waals surface area contributed by atoms with Crippen molar-refractivity contribution in [1.82, 2.24) is 14.9 Å². The van der Waals surface area contributed by atoms with Crippen LogP contribution in [0.25, 0.3) is 5.52 Å². The van der Waals surface area contributed by atoms with E-state index in [0.29, 0.717) is 16.7 Å². The summed E-state index contributed by atoms with van der Waals surface area (Å²) >= 11 is 0. The first kappa shape index (κ1) is 23.1. The lowest BCUT2D eigenvalue weighted by molar-refractivity contribution is -0.115. The molecule has 0 saturated carbocycles. The molecule has 1 aliphatic carbocycles. The van der Waals surface area contributed by atoms with Gasteiger partial charge in [0.25, 0.3) is 0 Å². The van der Waals surface area contributed by atoms with E-state index < -0.39 is 23.5 Å². The zero-order valence-corrected chi connectivity index (χ0v) is 19.1. The molecule has 2 aliphatic rings. The number of nitrogens with one attached hydrogen (secondary N) is 1. The fourth-order valence-corrected chi connectivity index (χ4v) is 4.57. The number of rotatable bonds is 4. The third-order valence-electron chi connectivity index (χ3n) is 6.32. The normalized spacial score (nSPS) is 15.3. The molecule has 6 nitrogen and oxygen atoms in total. The molecule has 1 aliphatic heterocycles. The van der Waals surface area contributed by atoms with Crippen LogP contribution in [0.15, 0.2) is 65.6 Å². The number of Topliss-reactive ketones (excluding diaryl/α,β-unsaturated/α-hetero) is 1. The van der Waals surface area contributed by atoms with Gasteiger partial charge in [-0.25, -0.2) is 13.3 Å². The fraction of sp³-hybridized carbons (Fsp3) is 0.179. The maximum atomic E-state index is 14.7. The van der Waals surface area contributed by atoms with E-state index in [2.05, 4.69) is 34.1 Å². The van der Waals surface area contributed by atoms with Gasteiger partial charge in [0.05, 0.1) is 22.8 Å². The average Bonchev–Trinajstić information content (AvgIpc) is 3.52. The molecule has 1 aromatic carbocycles. The Bertz CT molecular complexity index is 1610. The zero-order chi connectivity index (χ0) is 25.2. The minimum absolute atomic E-state index is 0.0504. The smallest absolute Gasteiger partial charge is 0.250 e. The highest BCUT2D eigenvalue weighted by Crippen LogP contribution is 2.36. The molecule has 0 bridgehead atoms. The number of hydrogen-bond acceptors (Lipinski definition) is 4. The van der Waals surface area contributed by atoms with Crippen molar-refractivity contribution in [3.05, 3.63) is 94.0 Å². The molecule has 2 aromatic heterocycles. The minimum Gasteiger partial charge on any atom is -0.385 e. The molecule has 36 heavy (non-hydrogen) atoms. The van der Waals surface area contributed by atoms with Gasteiger partial charge < -0.3 is 11.1 Å². The van der Waals surface area contributed by atoms with E-state index in [9.17, 15) is 18.4 Å². The van der Waals surface area contributed by atoms with Gasteiger partial charge in [0.2, 0.25) is 5.91 Å². The molecular weight excluding hydrogens is 462 g/mol. The Morgan fingerprint density at radius 1 is 1.22 bits per heavy atom. The molecule has 3 aromatic rings. The van der Waals surface area contributed by atoms with Gasteiger partial charge in [0.15, 0.2) is 5.78 Å². The van der Waals surface area contributed by atoms with Gasteiger partial charge in [0, 0.05) is 42.8 Å². The molecule has 0 radical (unpaired) electrons. The lowest BCUT2D eigenvalue weighted by Crippen LogP contribution is -2.19. The summed E-state index contributed by atoms with van der Waals surface area (Å²) < 4.78 is 30.3. The Morgan fingerprint density at radius 3 is 2.92 bits per heavy atom. The number of fused-ring (bicyclic) bond motifs is 1. The van der Waals surface area contributed by atoms with Gasteiger partial charge >= 0.3 is 0 Å². The molecular formula is C28H20F2N4O2. The van der Waals surface area contributed by atoms with Crippen LogP contribution in [0.4, 0.5) is 8.78 Å². The van der Waals surface area contributed by atoms with Crippen LogP contribution < -0.4 is 11.1 Å². The van der Waals surface area contributed by atoms with Crippen molar-refractivity contribution in [3.8, 4) is 23.7 Å². The first-order valence-corrected chi connectivity index (χ1v) is 11.3. The first-order chi connectivity index (χ1) is 17.4. The Hall–Kier alpha value is -4.69. The van der Waals surface area contributed by atoms with Crippen LogP contribution in [-0.4, -0.2) is 27.8 Å². The second-order valence-corrected chi connectivity index (χ2v) is 8.50. The maximum absolute atomic E-state index is 14.7. The molecule has 0 saturated heterocycles. The summed E-state index contributed by atoms with van der Waals surface area (Å²) in [5.74, 6) is 8.44. The molecule has 8 heteroatoms. The Balaban J connectivity index is 1.49. The van der Waals surface area contributed by atoms with Crippen LogP contribution in [0.1, 0.15) is 46.7 Å². The number of pyridine rings is 1. The van der Waals surface area contributed by atoms with Crippen molar-refractivity contribution >= 4 is 17.2 Å². The predicted molar refractivity (Wildman–Crippen MR) is 129 cm³/mol. The van der Waals surface area contributed by atoms with Crippen LogP contribution in [0.5, 0.6) is 0 Å². The van der Waals surface area contributed by atoms with Crippen molar-refractivity contribution in [3.63, 3.8) is 0 Å². The Morgan fingerprint density at radius 2 is 2.08 bits per heavy atom. The number of halogens is 2. The van der Waals surface area contributed by atoms with Gasteiger partial charge in [-0.3, -0.25) is 9.59 Å². The van der Waals surface area contributed by atoms with Gasteiger partial charge in [-0.15, -0.1) is 0 Å².